The molecule has 0 radical (unpaired) electrons. The summed E-state index contributed by atoms with van der Waals surface area (Å²) in [5.41, 5.74) is -0.227. The van der Waals surface area contributed by atoms with Crippen LogP contribution in [0.15, 0.2) is 23.1 Å². The van der Waals surface area contributed by atoms with Gasteiger partial charge in [-0.2, -0.15) is 0 Å². The van der Waals surface area contributed by atoms with Crippen molar-refractivity contribution in [3.05, 3.63) is 29.6 Å². The van der Waals surface area contributed by atoms with E-state index in [1.807, 2.05) is 13.8 Å². The summed E-state index contributed by atoms with van der Waals surface area (Å²) in [6.07, 6.45) is 0.883. The Morgan fingerprint density at radius 1 is 1.38 bits per heavy atom. The van der Waals surface area contributed by atoms with Crippen molar-refractivity contribution >= 4 is 25.6 Å². The number of carbonyl (C=O) groups excluding carboxylic acids is 1. The van der Waals surface area contributed by atoms with Crippen molar-refractivity contribution in [3.8, 4) is 0 Å². The summed E-state index contributed by atoms with van der Waals surface area (Å²) in [5.74, 6) is -0.947. The average Bonchev–Trinajstić information content (AvgIpc) is 2.42. The van der Waals surface area contributed by atoms with Crippen LogP contribution in [0, 0.1) is 11.7 Å². The molecule has 0 N–H and O–H groups in total. The molecule has 0 aliphatic carbocycles. The van der Waals surface area contributed by atoms with Gasteiger partial charge in [-0.25, -0.2) is 12.8 Å². The fourth-order valence-electron chi connectivity index (χ4n) is 1.91. The van der Waals surface area contributed by atoms with E-state index in [9.17, 15) is 17.6 Å². The maximum Gasteiger partial charge on any atom is 0.262 e. The van der Waals surface area contributed by atoms with E-state index >= 15 is 0 Å². The molecule has 0 aliphatic heterocycles. The Labute approximate surface area is 129 Å². The van der Waals surface area contributed by atoms with Crippen LogP contribution in [-0.2, 0) is 9.05 Å². The van der Waals surface area contributed by atoms with Gasteiger partial charge in [0.1, 0.15) is 5.82 Å². The lowest BCUT2D eigenvalue weighted by Gasteiger charge is -2.24. The molecule has 0 saturated carbocycles. The van der Waals surface area contributed by atoms with Gasteiger partial charge in [-0.15, -0.1) is 0 Å². The van der Waals surface area contributed by atoms with Crippen LogP contribution in [0.3, 0.4) is 0 Å². The molecule has 1 aromatic carbocycles. The first-order valence-electron chi connectivity index (χ1n) is 6.74. The Morgan fingerprint density at radius 3 is 2.48 bits per heavy atom. The number of nitrogens with zero attached hydrogens (tertiary/aromatic N) is 1. The van der Waals surface area contributed by atoms with Gasteiger partial charge in [-0.3, -0.25) is 4.79 Å². The van der Waals surface area contributed by atoms with Gasteiger partial charge in [0.25, 0.3) is 15.0 Å². The van der Waals surface area contributed by atoms with Crippen molar-refractivity contribution in [2.45, 2.75) is 32.1 Å². The minimum atomic E-state index is -4.11. The maximum absolute atomic E-state index is 13.4. The quantitative estimate of drug-likeness (QED) is 0.750. The van der Waals surface area contributed by atoms with E-state index in [0.717, 1.165) is 24.6 Å². The topological polar surface area (TPSA) is 54.5 Å². The van der Waals surface area contributed by atoms with Crippen LogP contribution < -0.4 is 0 Å². The number of halogens is 2. The Kier molecular flexibility index (Phi) is 6.16. The van der Waals surface area contributed by atoms with Crippen molar-refractivity contribution < 1.29 is 17.6 Å². The summed E-state index contributed by atoms with van der Waals surface area (Å²) in [6.45, 7) is 6.65. The zero-order valence-electron chi connectivity index (χ0n) is 12.3. The minimum absolute atomic E-state index is 0.227. The van der Waals surface area contributed by atoms with Gasteiger partial charge in [-0.05, 0) is 31.0 Å². The van der Waals surface area contributed by atoms with Crippen molar-refractivity contribution in [1.82, 2.24) is 4.90 Å². The Balaban J connectivity index is 3.25. The van der Waals surface area contributed by atoms with E-state index in [4.69, 9.17) is 10.7 Å². The molecule has 0 spiro atoms. The summed E-state index contributed by atoms with van der Waals surface area (Å²) < 4.78 is 36.4. The lowest BCUT2D eigenvalue weighted by atomic mass is 10.1. The van der Waals surface area contributed by atoms with Gasteiger partial charge in [0.2, 0.25) is 0 Å². The molecular weight excluding hydrogens is 317 g/mol. The molecule has 7 heteroatoms. The van der Waals surface area contributed by atoms with E-state index in [2.05, 4.69) is 0 Å². The SMILES string of the molecule is CCC(C)CN(CC)C(=O)c1cc(F)ccc1S(=O)(=O)Cl. The highest BCUT2D eigenvalue weighted by atomic mass is 35.7. The normalized spacial score (nSPS) is 13.0. The molecule has 1 rings (SSSR count). The fourth-order valence-corrected chi connectivity index (χ4v) is 2.96. The van der Waals surface area contributed by atoms with Gasteiger partial charge >= 0.3 is 0 Å². The summed E-state index contributed by atoms with van der Waals surface area (Å²) in [5, 5.41) is 0. The Bertz CT molecular complexity index is 619. The number of amides is 1. The minimum Gasteiger partial charge on any atom is -0.339 e. The predicted molar refractivity (Wildman–Crippen MR) is 80.5 cm³/mol. The second-order valence-electron chi connectivity index (χ2n) is 4.94. The number of hydrogen-bond acceptors (Lipinski definition) is 3. The molecule has 0 fully saturated rings. The lowest BCUT2D eigenvalue weighted by Crippen LogP contribution is -2.35. The third-order valence-electron chi connectivity index (χ3n) is 3.33. The molecule has 1 atom stereocenters. The van der Waals surface area contributed by atoms with Crippen molar-refractivity contribution in [1.29, 1.82) is 0 Å². The lowest BCUT2D eigenvalue weighted by molar-refractivity contribution is 0.0736. The molecule has 0 saturated heterocycles. The monoisotopic (exact) mass is 335 g/mol. The summed E-state index contributed by atoms with van der Waals surface area (Å²) in [7, 11) is 1.21. The molecule has 0 bridgehead atoms. The molecule has 0 heterocycles. The van der Waals surface area contributed by atoms with Gasteiger partial charge in [0, 0.05) is 23.8 Å². The van der Waals surface area contributed by atoms with Crippen LogP contribution in [0.4, 0.5) is 4.39 Å². The molecule has 21 heavy (non-hydrogen) atoms. The van der Waals surface area contributed by atoms with Crippen molar-refractivity contribution in [2.24, 2.45) is 5.92 Å². The van der Waals surface area contributed by atoms with E-state index in [1.165, 1.54) is 4.90 Å². The largest absolute Gasteiger partial charge is 0.339 e. The first-order chi connectivity index (χ1) is 9.70. The van der Waals surface area contributed by atoms with Crippen molar-refractivity contribution in [3.63, 3.8) is 0 Å². The molecule has 1 amide bonds. The average molecular weight is 336 g/mol. The number of carbonyl (C=O) groups is 1. The first-order valence-corrected chi connectivity index (χ1v) is 9.05. The molecule has 1 aromatic rings. The zero-order valence-corrected chi connectivity index (χ0v) is 13.8. The number of hydrogen-bond donors (Lipinski definition) is 0. The van der Waals surface area contributed by atoms with Gasteiger partial charge in [0.15, 0.2) is 0 Å². The van der Waals surface area contributed by atoms with Gasteiger partial charge in [0.05, 0.1) is 10.5 Å². The third kappa shape index (κ3) is 4.68. The summed E-state index contributed by atoms with van der Waals surface area (Å²) >= 11 is 0. The highest BCUT2D eigenvalue weighted by molar-refractivity contribution is 8.13. The van der Waals surface area contributed by atoms with Crippen LogP contribution in [-0.4, -0.2) is 32.3 Å². The van der Waals surface area contributed by atoms with Crippen molar-refractivity contribution in [2.75, 3.05) is 13.1 Å². The van der Waals surface area contributed by atoms with E-state index in [1.54, 1.807) is 6.92 Å². The Hall–Kier alpha value is -1.14. The fraction of sp³-hybridized carbons (Fsp3) is 0.500. The maximum atomic E-state index is 13.4. The molecule has 0 aromatic heterocycles. The van der Waals surface area contributed by atoms with Gasteiger partial charge < -0.3 is 4.90 Å². The molecular formula is C14H19ClFNO3S. The molecule has 0 aliphatic rings. The second-order valence-corrected chi connectivity index (χ2v) is 7.47. The zero-order chi connectivity index (χ0) is 16.2. The highest BCUT2D eigenvalue weighted by Crippen LogP contribution is 2.23. The number of rotatable bonds is 6. The number of benzene rings is 1. The van der Waals surface area contributed by atoms with Crippen LogP contribution >= 0.6 is 10.7 Å². The van der Waals surface area contributed by atoms with E-state index in [0.29, 0.717) is 13.1 Å². The highest BCUT2D eigenvalue weighted by Gasteiger charge is 2.25. The summed E-state index contributed by atoms with van der Waals surface area (Å²) in [6, 6.07) is 2.90. The van der Waals surface area contributed by atoms with Crippen LogP contribution in [0.5, 0.6) is 0 Å². The molecule has 4 nitrogen and oxygen atoms in total. The smallest absolute Gasteiger partial charge is 0.262 e. The van der Waals surface area contributed by atoms with Crippen LogP contribution in [0.2, 0.25) is 0 Å². The van der Waals surface area contributed by atoms with Crippen LogP contribution in [0.25, 0.3) is 0 Å². The molecule has 1 unspecified atom stereocenters. The first kappa shape index (κ1) is 17.9. The summed E-state index contributed by atoms with van der Waals surface area (Å²) in [4.78, 5) is 13.6. The van der Waals surface area contributed by atoms with Gasteiger partial charge in [-0.1, -0.05) is 20.3 Å². The standard InChI is InChI=1S/C14H19ClFNO3S/c1-4-10(3)9-17(5-2)14(18)12-8-11(16)6-7-13(12)21(15,19)20/h6-8,10H,4-5,9H2,1-3H3. The second kappa shape index (κ2) is 7.22. The molecule has 118 valence electrons. The van der Waals surface area contributed by atoms with E-state index in [-0.39, 0.29) is 16.4 Å². The Morgan fingerprint density at radius 2 is 2.00 bits per heavy atom. The van der Waals surface area contributed by atoms with Crippen LogP contribution in [0.1, 0.15) is 37.6 Å². The third-order valence-corrected chi connectivity index (χ3v) is 4.71. The van der Waals surface area contributed by atoms with E-state index < -0.39 is 20.8 Å². The predicted octanol–water partition coefficient (Wildman–Crippen LogP) is 3.26.